The SMILES string of the molecule is C=C1C(=O)[C@]23[C@H](O)[C@@H]1CC[C@H]2[C@@]12CO[C@]3(O)[C@@H](O)[C@@H]1C(C)(C)CC[C@@H]2OC(C)=O. The van der Waals surface area contributed by atoms with Crippen molar-refractivity contribution in [1.82, 2.24) is 0 Å². The summed E-state index contributed by atoms with van der Waals surface area (Å²) in [6.07, 6.45) is -0.674. The number of ketones is 1. The molecule has 6 rings (SSSR count). The molecule has 2 spiro atoms. The molecular formula is C22H30O7. The van der Waals surface area contributed by atoms with Gasteiger partial charge in [0, 0.05) is 24.2 Å². The van der Waals surface area contributed by atoms with E-state index in [4.69, 9.17) is 9.47 Å². The second-order valence-electron chi connectivity index (χ2n) is 10.5. The lowest BCUT2D eigenvalue weighted by atomic mass is 9.35. The minimum absolute atomic E-state index is 0.0795. The fourth-order valence-corrected chi connectivity index (χ4v) is 8.24. The Balaban J connectivity index is 1.79. The van der Waals surface area contributed by atoms with Crippen molar-refractivity contribution in [2.24, 2.45) is 34.0 Å². The van der Waals surface area contributed by atoms with E-state index in [9.17, 15) is 24.9 Å². The van der Waals surface area contributed by atoms with E-state index in [1.807, 2.05) is 13.8 Å². The first-order valence-electron chi connectivity index (χ1n) is 10.6. The number of aliphatic hydroxyl groups is 3. The van der Waals surface area contributed by atoms with Crippen LogP contribution in [0, 0.1) is 34.0 Å². The normalized spacial score (nSPS) is 54.7. The summed E-state index contributed by atoms with van der Waals surface area (Å²) in [6.45, 7) is 9.43. The average Bonchev–Trinajstić information content (AvgIpc) is 2.74. The summed E-state index contributed by atoms with van der Waals surface area (Å²) in [5.41, 5.74) is -2.60. The van der Waals surface area contributed by atoms with Gasteiger partial charge in [0.1, 0.15) is 17.6 Å². The summed E-state index contributed by atoms with van der Waals surface area (Å²) < 4.78 is 11.7. The first-order chi connectivity index (χ1) is 13.5. The molecule has 0 aromatic heterocycles. The van der Waals surface area contributed by atoms with Crippen LogP contribution in [0.3, 0.4) is 0 Å². The molecule has 6 fully saturated rings. The van der Waals surface area contributed by atoms with Gasteiger partial charge in [-0.05, 0) is 42.6 Å². The highest BCUT2D eigenvalue weighted by Crippen LogP contribution is 2.76. The number of rotatable bonds is 1. The lowest BCUT2D eigenvalue weighted by molar-refractivity contribution is -0.458. The van der Waals surface area contributed by atoms with Crippen molar-refractivity contribution >= 4 is 11.8 Å². The van der Waals surface area contributed by atoms with Gasteiger partial charge in [-0.2, -0.15) is 0 Å². The summed E-state index contributed by atoms with van der Waals surface area (Å²) in [5, 5.41) is 34.5. The van der Waals surface area contributed by atoms with Gasteiger partial charge in [0.05, 0.1) is 12.7 Å². The molecule has 4 bridgehead atoms. The number of carbonyl (C=O) groups excluding carboxylic acids is 2. The van der Waals surface area contributed by atoms with Gasteiger partial charge >= 0.3 is 5.97 Å². The zero-order valence-corrected chi connectivity index (χ0v) is 17.2. The first-order valence-corrected chi connectivity index (χ1v) is 10.6. The third-order valence-electron chi connectivity index (χ3n) is 9.16. The number of carbonyl (C=O) groups is 2. The van der Waals surface area contributed by atoms with E-state index in [2.05, 4.69) is 6.58 Å². The lowest BCUT2D eigenvalue weighted by Gasteiger charge is -2.74. The molecule has 4 aliphatic carbocycles. The van der Waals surface area contributed by atoms with Crippen LogP contribution in [-0.2, 0) is 19.1 Å². The van der Waals surface area contributed by atoms with Crippen molar-refractivity contribution in [3.05, 3.63) is 12.2 Å². The Morgan fingerprint density at radius 3 is 2.55 bits per heavy atom. The molecule has 9 atom stereocenters. The van der Waals surface area contributed by atoms with Gasteiger partial charge in [-0.25, -0.2) is 0 Å². The molecule has 0 aromatic carbocycles. The van der Waals surface area contributed by atoms with Gasteiger partial charge in [0.15, 0.2) is 5.78 Å². The monoisotopic (exact) mass is 406 g/mol. The number of ether oxygens (including phenoxy) is 2. The third-order valence-corrected chi connectivity index (χ3v) is 9.16. The Hall–Kier alpha value is -1.28. The molecule has 2 saturated heterocycles. The highest BCUT2D eigenvalue weighted by molar-refractivity contribution is 6.05. The third kappa shape index (κ3) is 1.86. The fraction of sp³-hybridized carbons (Fsp3) is 0.818. The van der Waals surface area contributed by atoms with E-state index in [0.29, 0.717) is 31.3 Å². The molecule has 6 aliphatic rings. The molecule has 29 heavy (non-hydrogen) atoms. The molecule has 7 nitrogen and oxygen atoms in total. The van der Waals surface area contributed by atoms with Crippen molar-refractivity contribution in [1.29, 1.82) is 0 Å². The largest absolute Gasteiger partial charge is 0.462 e. The van der Waals surface area contributed by atoms with Crippen LogP contribution < -0.4 is 0 Å². The Labute approximate surface area is 170 Å². The molecule has 0 amide bonds. The van der Waals surface area contributed by atoms with Crippen LogP contribution in [-0.4, -0.2) is 57.8 Å². The number of Topliss-reactive ketones (excluding diaryl/α,β-unsaturated/α-hetero) is 1. The van der Waals surface area contributed by atoms with Crippen LogP contribution in [0.5, 0.6) is 0 Å². The number of hydrogen-bond donors (Lipinski definition) is 3. The average molecular weight is 406 g/mol. The Morgan fingerprint density at radius 1 is 1.21 bits per heavy atom. The van der Waals surface area contributed by atoms with E-state index >= 15 is 0 Å². The highest BCUT2D eigenvalue weighted by Gasteiger charge is 2.87. The Bertz CT molecular complexity index is 820. The van der Waals surface area contributed by atoms with Gasteiger partial charge < -0.3 is 24.8 Å². The lowest BCUT2D eigenvalue weighted by Crippen LogP contribution is -2.85. The fourth-order valence-electron chi connectivity index (χ4n) is 8.24. The summed E-state index contributed by atoms with van der Waals surface area (Å²) in [5.74, 6) is -4.38. The number of hydrogen-bond acceptors (Lipinski definition) is 7. The van der Waals surface area contributed by atoms with Crippen molar-refractivity contribution in [2.45, 2.75) is 70.6 Å². The minimum Gasteiger partial charge on any atom is -0.462 e. The van der Waals surface area contributed by atoms with E-state index in [-0.39, 0.29) is 12.0 Å². The van der Waals surface area contributed by atoms with Gasteiger partial charge in [-0.1, -0.05) is 20.4 Å². The van der Waals surface area contributed by atoms with E-state index < -0.39 is 64.4 Å². The van der Waals surface area contributed by atoms with Crippen LogP contribution >= 0.6 is 0 Å². The second kappa shape index (κ2) is 5.49. The molecule has 0 aromatic rings. The molecule has 4 saturated carbocycles. The van der Waals surface area contributed by atoms with Crippen LogP contribution in [0.4, 0.5) is 0 Å². The zero-order valence-electron chi connectivity index (χ0n) is 17.2. The van der Waals surface area contributed by atoms with E-state index in [0.717, 1.165) is 0 Å². The predicted molar refractivity (Wildman–Crippen MR) is 100 cm³/mol. The maximum absolute atomic E-state index is 13.5. The van der Waals surface area contributed by atoms with Gasteiger partial charge in [-0.15, -0.1) is 0 Å². The van der Waals surface area contributed by atoms with Crippen LogP contribution in [0.15, 0.2) is 12.2 Å². The summed E-state index contributed by atoms with van der Waals surface area (Å²) in [6, 6.07) is 0. The standard InChI is InChI=1S/C22H30O7/c1-10-12-5-6-13-20-9-28-22(27,21(13,16(10)24)17(12)25)18(26)15(20)19(3,4)8-7-14(20)29-11(2)23/h12-15,17-18,25-27H,1,5-9H2,2-4H3/t12-,13+,14+,15-,17-,18+,20-,21+,22-/m1/s1. The highest BCUT2D eigenvalue weighted by atomic mass is 16.6. The van der Waals surface area contributed by atoms with Crippen LogP contribution in [0.1, 0.15) is 46.5 Å². The Morgan fingerprint density at radius 2 is 1.90 bits per heavy atom. The maximum atomic E-state index is 13.5. The van der Waals surface area contributed by atoms with Gasteiger partial charge in [0.2, 0.25) is 5.79 Å². The van der Waals surface area contributed by atoms with E-state index in [1.165, 1.54) is 6.92 Å². The quantitative estimate of drug-likeness (QED) is 0.439. The van der Waals surface area contributed by atoms with Gasteiger partial charge in [0.25, 0.3) is 0 Å². The minimum atomic E-state index is -2.19. The van der Waals surface area contributed by atoms with Crippen molar-refractivity contribution < 1.29 is 34.4 Å². The molecule has 160 valence electrons. The molecule has 2 heterocycles. The maximum Gasteiger partial charge on any atom is 0.302 e. The molecule has 7 heteroatoms. The predicted octanol–water partition coefficient (Wildman–Crippen LogP) is 0.946. The van der Waals surface area contributed by atoms with Crippen molar-refractivity contribution in [2.75, 3.05) is 6.61 Å². The Kier molecular flexibility index (Phi) is 3.73. The number of fused-ring (bicyclic) bond motifs is 2. The van der Waals surface area contributed by atoms with Crippen molar-refractivity contribution in [3.63, 3.8) is 0 Å². The van der Waals surface area contributed by atoms with Crippen LogP contribution in [0.2, 0.25) is 0 Å². The topological polar surface area (TPSA) is 113 Å². The number of aliphatic hydroxyl groups excluding tert-OH is 2. The smallest absolute Gasteiger partial charge is 0.302 e. The molecule has 2 aliphatic heterocycles. The van der Waals surface area contributed by atoms with Crippen LogP contribution in [0.25, 0.3) is 0 Å². The first kappa shape index (κ1) is 19.7. The summed E-state index contributed by atoms with van der Waals surface area (Å²) in [7, 11) is 0. The summed E-state index contributed by atoms with van der Waals surface area (Å²) in [4.78, 5) is 25.5. The number of esters is 1. The second-order valence-corrected chi connectivity index (χ2v) is 10.5. The zero-order chi connectivity index (χ0) is 21.1. The van der Waals surface area contributed by atoms with Gasteiger partial charge in [-0.3, -0.25) is 9.59 Å². The molecular weight excluding hydrogens is 376 g/mol. The van der Waals surface area contributed by atoms with E-state index in [1.54, 1.807) is 0 Å². The molecule has 3 N–H and O–H groups in total. The molecule has 0 unspecified atom stereocenters. The van der Waals surface area contributed by atoms with Crippen molar-refractivity contribution in [3.8, 4) is 0 Å². The molecule has 0 radical (unpaired) electrons. The summed E-state index contributed by atoms with van der Waals surface area (Å²) >= 11 is 0.